The van der Waals surface area contributed by atoms with Gasteiger partial charge in [-0.3, -0.25) is 0 Å². The van der Waals surface area contributed by atoms with Crippen LogP contribution in [0.25, 0.3) is 0 Å². The number of alkyl halides is 1. The third-order valence-electron chi connectivity index (χ3n) is 6.85. The first-order chi connectivity index (χ1) is 12.7. The Kier molecular flexibility index (Phi) is 7.26. The standard InChI is InChI=1S/C23H36Br2O2Si/c1-15-10-11-21(25)23(5,6)17(15)12-16-13-20(26-7)18(24)14-19(16)27-28(8,9)22(2,3)4/h13-14,17,21H,1,10-12H2,2-9H3/t17-,21-/m0/s1. The molecule has 0 saturated heterocycles. The first-order valence-corrected chi connectivity index (χ1v) is 14.7. The second-order valence-corrected chi connectivity index (χ2v) is 16.9. The first kappa shape index (κ1) is 24.0. The Hall–Kier alpha value is -0.263. The third-order valence-corrected chi connectivity index (χ3v) is 13.4. The van der Waals surface area contributed by atoms with E-state index in [2.05, 4.69) is 98.3 Å². The van der Waals surface area contributed by atoms with Gasteiger partial charge in [0.25, 0.3) is 0 Å². The molecule has 2 atom stereocenters. The SMILES string of the molecule is C=C1CC[C@H](Br)C(C)(C)[C@H]1Cc1cc(OC)c(Br)cc1O[Si](C)(C)C(C)(C)C. The summed E-state index contributed by atoms with van der Waals surface area (Å²) in [5.41, 5.74) is 2.70. The summed E-state index contributed by atoms with van der Waals surface area (Å²) in [6, 6.07) is 4.24. The highest BCUT2D eigenvalue weighted by atomic mass is 79.9. The summed E-state index contributed by atoms with van der Waals surface area (Å²) in [5, 5.41) is 0.144. The molecule has 0 bridgehead atoms. The van der Waals surface area contributed by atoms with Gasteiger partial charge in [-0.25, -0.2) is 0 Å². The average molecular weight is 532 g/mol. The molecule has 0 unspecified atom stereocenters. The molecule has 1 aromatic rings. The summed E-state index contributed by atoms with van der Waals surface area (Å²) in [5.74, 6) is 2.24. The van der Waals surface area contributed by atoms with Gasteiger partial charge in [-0.2, -0.15) is 0 Å². The number of ether oxygens (including phenoxy) is 1. The number of hydrogen-bond donors (Lipinski definition) is 0. The molecular weight excluding hydrogens is 496 g/mol. The highest BCUT2D eigenvalue weighted by Gasteiger charge is 2.42. The van der Waals surface area contributed by atoms with Crippen LogP contribution in [0.5, 0.6) is 11.5 Å². The van der Waals surface area contributed by atoms with Gasteiger partial charge in [-0.1, -0.05) is 62.7 Å². The highest BCUT2D eigenvalue weighted by Crippen LogP contribution is 2.49. The van der Waals surface area contributed by atoms with Crippen molar-refractivity contribution < 1.29 is 9.16 Å². The van der Waals surface area contributed by atoms with E-state index in [9.17, 15) is 0 Å². The van der Waals surface area contributed by atoms with E-state index in [1.165, 1.54) is 11.1 Å². The monoisotopic (exact) mass is 530 g/mol. The molecule has 28 heavy (non-hydrogen) atoms. The molecular formula is C23H36Br2O2Si. The Labute approximate surface area is 189 Å². The van der Waals surface area contributed by atoms with E-state index in [1.54, 1.807) is 7.11 Å². The molecule has 0 aliphatic heterocycles. The Bertz CT molecular complexity index is 735. The summed E-state index contributed by atoms with van der Waals surface area (Å²) >= 11 is 7.58. The summed E-state index contributed by atoms with van der Waals surface area (Å²) in [4.78, 5) is 0.498. The van der Waals surface area contributed by atoms with E-state index in [0.717, 1.165) is 35.2 Å². The summed E-state index contributed by atoms with van der Waals surface area (Å²) in [6.07, 6.45) is 3.15. The Morgan fingerprint density at radius 2 is 1.82 bits per heavy atom. The van der Waals surface area contributed by atoms with E-state index in [-0.39, 0.29) is 10.5 Å². The predicted octanol–water partition coefficient (Wildman–Crippen LogP) is 8.14. The fourth-order valence-corrected chi connectivity index (χ4v) is 5.72. The van der Waals surface area contributed by atoms with Gasteiger partial charge >= 0.3 is 0 Å². The number of hydrogen-bond acceptors (Lipinski definition) is 2. The zero-order valence-electron chi connectivity index (χ0n) is 18.7. The lowest BCUT2D eigenvalue weighted by Crippen LogP contribution is -2.44. The van der Waals surface area contributed by atoms with E-state index < -0.39 is 8.32 Å². The van der Waals surface area contributed by atoms with Crippen molar-refractivity contribution in [2.45, 2.75) is 76.8 Å². The number of methoxy groups -OCH3 is 1. The maximum Gasteiger partial charge on any atom is 0.250 e. The van der Waals surface area contributed by atoms with Crippen molar-refractivity contribution in [1.82, 2.24) is 0 Å². The Morgan fingerprint density at radius 1 is 1.21 bits per heavy atom. The molecule has 1 saturated carbocycles. The van der Waals surface area contributed by atoms with Crippen LogP contribution < -0.4 is 9.16 Å². The van der Waals surface area contributed by atoms with Gasteiger partial charge in [-0.05, 0) is 82.4 Å². The molecule has 2 rings (SSSR count). The van der Waals surface area contributed by atoms with Crippen LogP contribution >= 0.6 is 31.9 Å². The van der Waals surface area contributed by atoms with Crippen LogP contribution in [-0.4, -0.2) is 20.3 Å². The lowest BCUT2D eigenvalue weighted by Gasteiger charge is -2.44. The Morgan fingerprint density at radius 3 is 2.36 bits per heavy atom. The van der Waals surface area contributed by atoms with E-state index >= 15 is 0 Å². The lowest BCUT2D eigenvalue weighted by molar-refractivity contribution is 0.202. The largest absolute Gasteiger partial charge is 0.543 e. The van der Waals surface area contributed by atoms with Crippen molar-refractivity contribution in [1.29, 1.82) is 0 Å². The van der Waals surface area contributed by atoms with Crippen LogP contribution in [0.4, 0.5) is 0 Å². The molecule has 0 spiro atoms. The Balaban J connectivity index is 2.48. The van der Waals surface area contributed by atoms with Crippen molar-refractivity contribution in [3.05, 3.63) is 34.3 Å². The maximum atomic E-state index is 6.76. The quantitative estimate of drug-likeness (QED) is 0.217. The topological polar surface area (TPSA) is 18.5 Å². The van der Waals surface area contributed by atoms with Gasteiger partial charge in [0.15, 0.2) is 0 Å². The molecule has 0 aromatic heterocycles. The zero-order valence-corrected chi connectivity index (χ0v) is 22.9. The number of benzene rings is 1. The summed E-state index contributed by atoms with van der Waals surface area (Å²) < 4.78 is 13.3. The van der Waals surface area contributed by atoms with Crippen LogP contribution in [0.15, 0.2) is 28.8 Å². The third kappa shape index (κ3) is 4.89. The fraction of sp³-hybridized carbons (Fsp3) is 0.652. The van der Waals surface area contributed by atoms with Crippen LogP contribution in [0, 0.1) is 11.3 Å². The van der Waals surface area contributed by atoms with Crippen LogP contribution in [0.3, 0.4) is 0 Å². The minimum atomic E-state index is -1.95. The average Bonchev–Trinajstić information content (AvgIpc) is 2.55. The molecule has 0 N–H and O–H groups in total. The van der Waals surface area contributed by atoms with Crippen LogP contribution in [-0.2, 0) is 6.42 Å². The molecule has 0 heterocycles. The maximum absolute atomic E-state index is 6.76. The van der Waals surface area contributed by atoms with Crippen molar-refractivity contribution >= 4 is 40.2 Å². The molecule has 1 aromatic carbocycles. The second kappa shape index (κ2) is 8.47. The summed E-state index contributed by atoms with van der Waals surface area (Å²) in [6.45, 7) is 20.6. The van der Waals surface area contributed by atoms with Crippen LogP contribution in [0.2, 0.25) is 18.1 Å². The van der Waals surface area contributed by atoms with Gasteiger partial charge in [0, 0.05) is 4.83 Å². The molecule has 0 amide bonds. The molecule has 0 radical (unpaired) electrons. The van der Waals surface area contributed by atoms with E-state index in [1.807, 2.05) is 0 Å². The molecule has 2 nitrogen and oxygen atoms in total. The molecule has 1 fully saturated rings. The number of allylic oxidation sites excluding steroid dienone is 1. The first-order valence-electron chi connectivity index (χ1n) is 10.1. The van der Waals surface area contributed by atoms with Gasteiger partial charge < -0.3 is 9.16 Å². The zero-order chi connectivity index (χ0) is 21.5. The fourth-order valence-electron chi connectivity index (χ4n) is 3.65. The van der Waals surface area contributed by atoms with Gasteiger partial charge in [0.05, 0.1) is 11.6 Å². The van der Waals surface area contributed by atoms with Gasteiger partial charge in [-0.15, -0.1) is 0 Å². The number of halogens is 2. The van der Waals surface area contributed by atoms with Gasteiger partial charge in [0.2, 0.25) is 8.32 Å². The summed E-state index contributed by atoms with van der Waals surface area (Å²) in [7, 11) is -0.234. The van der Waals surface area contributed by atoms with Crippen molar-refractivity contribution in [2.75, 3.05) is 7.11 Å². The highest BCUT2D eigenvalue weighted by molar-refractivity contribution is 9.10. The molecule has 1 aliphatic rings. The minimum absolute atomic E-state index is 0.143. The molecule has 1 aliphatic carbocycles. The van der Waals surface area contributed by atoms with Crippen molar-refractivity contribution in [2.24, 2.45) is 11.3 Å². The van der Waals surface area contributed by atoms with E-state index in [0.29, 0.717) is 10.7 Å². The number of rotatable bonds is 5. The van der Waals surface area contributed by atoms with Crippen molar-refractivity contribution in [3.63, 3.8) is 0 Å². The van der Waals surface area contributed by atoms with Gasteiger partial charge in [0.1, 0.15) is 11.5 Å². The van der Waals surface area contributed by atoms with Crippen molar-refractivity contribution in [3.8, 4) is 11.5 Å². The molecule has 158 valence electrons. The second-order valence-electron chi connectivity index (χ2n) is 10.2. The normalized spacial score (nSPS) is 22.9. The van der Waals surface area contributed by atoms with Crippen LogP contribution in [0.1, 0.15) is 53.0 Å². The molecule has 5 heteroatoms. The lowest BCUT2D eigenvalue weighted by atomic mass is 9.64. The minimum Gasteiger partial charge on any atom is -0.543 e. The predicted molar refractivity (Wildman–Crippen MR) is 131 cm³/mol. The van der Waals surface area contributed by atoms with E-state index in [4.69, 9.17) is 9.16 Å². The smallest absolute Gasteiger partial charge is 0.250 e.